The third-order valence-electron chi connectivity index (χ3n) is 5.31. The highest BCUT2D eigenvalue weighted by Crippen LogP contribution is 2.37. The fourth-order valence-corrected chi connectivity index (χ4v) is 4.81. The minimum atomic E-state index is -0.913. The minimum absolute atomic E-state index is 0.138. The Kier molecular flexibility index (Phi) is 6.56. The summed E-state index contributed by atoms with van der Waals surface area (Å²) in [5, 5.41) is 10.9. The summed E-state index contributed by atoms with van der Waals surface area (Å²) in [7, 11) is 2.99. The summed E-state index contributed by atoms with van der Waals surface area (Å²) < 4.78 is 23.0. The van der Waals surface area contributed by atoms with Crippen molar-refractivity contribution >= 4 is 29.3 Å². The van der Waals surface area contributed by atoms with E-state index in [1.165, 1.54) is 37.0 Å². The van der Waals surface area contributed by atoms with Gasteiger partial charge in [0.05, 0.1) is 42.7 Å². The molecular formula is C23H21N3O8S. The van der Waals surface area contributed by atoms with Crippen LogP contribution in [-0.2, 0) is 9.53 Å². The van der Waals surface area contributed by atoms with Crippen molar-refractivity contribution in [3.63, 3.8) is 0 Å². The van der Waals surface area contributed by atoms with E-state index in [2.05, 4.69) is 4.99 Å². The molecule has 3 aromatic rings. The van der Waals surface area contributed by atoms with Gasteiger partial charge in [-0.25, -0.2) is 9.79 Å². The first-order valence-corrected chi connectivity index (χ1v) is 11.3. The lowest BCUT2D eigenvalue weighted by Crippen LogP contribution is -2.40. The Bertz CT molecular complexity index is 1530. The van der Waals surface area contributed by atoms with E-state index in [0.29, 0.717) is 27.6 Å². The number of nitrogens with zero attached hydrogens (tertiary/aromatic N) is 3. The Labute approximate surface area is 202 Å². The molecule has 0 bridgehead atoms. The summed E-state index contributed by atoms with van der Waals surface area (Å²) in [6, 6.07) is 6.77. The number of ether oxygens (including phenoxy) is 3. The van der Waals surface area contributed by atoms with Crippen molar-refractivity contribution in [2.24, 2.45) is 4.99 Å². The van der Waals surface area contributed by atoms with Gasteiger partial charge in [-0.1, -0.05) is 11.3 Å². The lowest BCUT2D eigenvalue weighted by atomic mass is 9.95. The van der Waals surface area contributed by atoms with Crippen LogP contribution in [0.2, 0.25) is 0 Å². The molecule has 1 atom stereocenters. The van der Waals surface area contributed by atoms with Crippen molar-refractivity contribution < 1.29 is 28.3 Å². The Morgan fingerprint density at radius 2 is 2.06 bits per heavy atom. The number of fused-ring (bicyclic) bond motifs is 1. The quantitative estimate of drug-likeness (QED) is 0.275. The Morgan fingerprint density at radius 1 is 1.29 bits per heavy atom. The van der Waals surface area contributed by atoms with E-state index in [1.807, 2.05) is 0 Å². The molecule has 0 radical (unpaired) electrons. The van der Waals surface area contributed by atoms with Gasteiger partial charge in [0.15, 0.2) is 4.80 Å². The number of nitro groups is 1. The number of carbonyl (C=O) groups is 1. The van der Waals surface area contributed by atoms with Crippen LogP contribution >= 0.6 is 11.3 Å². The molecule has 0 saturated heterocycles. The highest BCUT2D eigenvalue weighted by atomic mass is 32.1. The van der Waals surface area contributed by atoms with Crippen molar-refractivity contribution in [1.29, 1.82) is 0 Å². The monoisotopic (exact) mass is 499 g/mol. The Balaban J connectivity index is 1.99. The molecule has 3 heterocycles. The standard InChI is InChI=1S/C23H21N3O8S/c1-5-33-22(28)19-12(2)24-23-25(20(19)15-10-13(31-3)6-8-16(15)32-4)21(27)17(35-23)11-14-7-9-18(34-14)26(29)30/h6-11,20H,5H2,1-4H3/b17-11-/t20-/m1/s1. The van der Waals surface area contributed by atoms with E-state index in [9.17, 15) is 19.7 Å². The van der Waals surface area contributed by atoms with Crippen LogP contribution in [0.1, 0.15) is 31.2 Å². The molecule has 0 spiro atoms. The van der Waals surface area contributed by atoms with Gasteiger partial charge in [0.25, 0.3) is 5.56 Å². The molecular weight excluding hydrogens is 478 g/mol. The normalized spacial score (nSPS) is 15.4. The molecule has 0 amide bonds. The largest absolute Gasteiger partial charge is 0.497 e. The molecule has 12 heteroatoms. The van der Waals surface area contributed by atoms with Crippen molar-refractivity contribution in [3.05, 3.63) is 82.7 Å². The van der Waals surface area contributed by atoms with Crippen LogP contribution in [0.5, 0.6) is 11.5 Å². The third kappa shape index (κ3) is 4.35. The van der Waals surface area contributed by atoms with Gasteiger partial charge in [0.2, 0.25) is 0 Å². The van der Waals surface area contributed by atoms with E-state index in [1.54, 1.807) is 32.0 Å². The van der Waals surface area contributed by atoms with Gasteiger partial charge in [-0.3, -0.25) is 19.5 Å². The van der Waals surface area contributed by atoms with E-state index >= 15 is 0 Å². The fraction of sp³-hybridized carbons (Fsp3) is 0.261. The molecule has 2 aromatic heterocycles. The molecule has 0 aliphatic carbocycles. The molecule has 1 aliphatic heterocycles. The number of esters is 1. The van der Waals surface area contributed by atoms with Gasteiger partial charge in [-0.15, -0.1) is 0 Å². The molecule has 4 rings (SSSR count). The number of carbonyl (C=O) groups excluding carboxylic acids is 1. The van der Waals surface area contributed by atoms with Crippen molar-refractivity contribution in [3.8, 4) is 11.5 Å². The van der Waals surface area contributed by atoms with Crippen LogP contribution in [0.4, 0.5) is 5.88 Å². The average molecular weight is 500 g/mol. The van der Waals surface area contributed by atoms with E-state index < -0.39 is 28.4 Å². The zero-order valence-corrected chi connectivity index (χ0v) is 20.1. The molecule has 0 fully saturated rings. The molecule has 182 valence electrons. The van der Waals surface area contributed by atoms with Crippen LogP contribution < -0.4 is 24.4 Å². The SMILES string of the molecule is CCOC(=O)C1=C(C)N=c2s/c(=C\c3ccc([N+](=O)[O-])o3)c(=O)n2[C@@H]1c1cc(OC)ccc1OC. The zero-order valence-electron chi connectivity index (χ0n) is 19.3. The van der Waals surface area contributed by atoms with Crippen molar-refractivity contribution in [2.45, 2.75) is 19.9 Å². The second-order valence-electron chi connectivity index (χ2n) is 7.34. The number of methoxy groups -OCH3 is 2. The van der Waals surface area contributed by atoms with Gasteiger partial charge < -0.3 is 18.6 Å². The molecule has 35 heavy (non-hydrogen) atoms. The van der Waals surface area contributed by atoms with Crippen molar-refractivity contribution in [1.82, 2.24) is 4.57 Å². The topological polar surface area (TPSA) is 135 Å². The number of benzene rings is 1. The average Bonchev–Trinajstić information content (AvgIpc) is 3.42. The minimum Gasteiger partial charge on any atom is -0.497 e. The summed E-state index contributed by atoms with van der Waals surface area (Å²) in [4.78, 5) is 41.7. The predicted molar refractivity (Wildman–Crippen MR) is 125 cm³/mol. The lowest BCUT2D eigenvalue weighted by molar-refractivity contribution is -0.402. The molecule has 11 nitrogen and oxygen atoms in total. The van der Waals surface area contributed by atoms with Gasteiger partial charge in [0, 0.05) is 11.6 Å². The van der Waals surface area contributed by atoms with Gasteiger partial charge in [0.1, 0.15) is 28.2 Å². The molecule has 0 saturated carbocycles. The first-order chi connectivity index (χ1) is 16.8. The van der Waals surface area contributed by atoms with Crippen LogP contribution in [-0.4, -0.2) is 36.3 Å². The maximum atomic E-state index is 13.6. The van der Waals surface area contributed by atoms with Crippen molar-refractivity contribution in [2.75, 3.05) is 20.8 Å². The van der Waals surface area contributed by atoms with Crippen LogP contribution in [0, 0.1) is 10.1 Å². The second-order valence-corrected chi connectivity index (χ2v) is 8.35. The summed E-state index contributed by atoms with van der Waals surface area (Å²) in [5.41, 5.74) is 0.619. The van der Waals surface area contributed by atoms with Gasteiger partial charge in [-0.2, -0.15) is 0 Å². The highest BCUT2D eigenvalue weighted by Gasteiger charge is 2.35. The zero-order chi connectivity index (χ0) is 25.3. The number of allylic oxidation sites excluding steroid dienone is 1. The molecule has 0 unspecified atom stereocenters. The van der Waals surface area contributed by atoms with Crippen LogP contribution in [0.25, 0.3) is 6.08 Å². The fourth-order valence-electron chi connectivity index (χ4n) is 3.79. The predicted octanol–water partition coefficient (Wildman–Crippen LogP) is 2.32. The molecule has 0 N–H and O–H groups in total. The summed E-state index contributed by atoms with van der Waals surface area (Å²) in [6.45, 7) is 3.49. The summed E-state index contributed by atoms with van der Waals surface area (Å²) in [6.07, 6.45) is 1.40. The maximum Gasteiger partial charge on any atom is 0.433 e. The van der Waals surface area contributed by atoms with E-state index in [-0.39, 0.29) is 22.5 Å². The van der Waals surface area contributed by atoms with E-state index in [0.717, 1.165) is 11.3 Å². The third-order valence-corrected chi connectivity index (χ3v) is 6.30. The summed E-state index contributed by atoms with van der Waals surface area (Å²) in [5.74, 6) is 0.0223. The first kappa shape index (κ1) is 24.0. The van der Waals surface area contributed by atoms with Gasteiger partial charge in [-0.05, 0) is 38.1 Å². The van der Waals surface area contributed by atoms with Crippen LogP contribution in [0.3, 0.4) is 0 Å². The van der Waals surface area contributed by atoms with Crippen LogP contribution in [0.15, 0.2) is 55.8 Å². The number of thiazole rings is 1. The first-order valence-electron chi connectivity index (χ1n) is 10.4. The molecule has 1 aromatic carbocycles. The second kappa shape index (κ2) is 9.58. The smallest absolute Gasteiger partial charge is 0.433 e. The Hall–Kier alpha value is -4.19. The summed E-state index contributed by atoms with van der Waals surface area (Å²) >= 11 is 1.07. The lowest BCUT2D eigenvalue weighted by Gasteiger charge is -2.26. The highest BCUT2D eigenvalue weighted by molar-refractivity contribution is 7.07. The van der Waals surface area contributed by atoms with E-state index in [4.69, 9.17) is 18.6 Å². The number of hydrogen-bond donors (Lipinski definition) is 0. The number of furan rings is 1. The number of rotatable bonds is 7. The Morgan fingerprint density at radius 3 is 2.69 bits per heavy atom. The number of aromatic nitrogens is 1. The maximum absolute atomic E-state index is 13.6. The van der Waals surface area contributed by atoms with Gasteiger partial charge >= 0.3 is 11.9 Å². The molecule has 1 aliphatic rings. The number of hydrogen-bond acceptors (Lipinski definition) is 10.